The van der Waals surface area contributed by atoms with Crippen molar-refractivity contribution in [1.82, 2.24) is 0 Å². The molecule has 29 heavy (non-hydrogen) atoms. The Morgan fingerprint density at radius 3 is 2.28 bits per heavy atom. The highest BCUT2D eigenvalue weighted by Gasteiger charge is 2.12. The smallest absolute Gasteiger partial charge is 0.291 e. The molecule has 6 heteroatoms. The Morgan fingerprint density at radius 1 is 0.931 bits per heavy atom. The molecule has 2 amide bonds. The van der Waals surface area contributed by atoms with Crippen LogP contribution < -0.4 is 15.5 Å². The Kier molecular flexibility index (Phi) is 6.34. The Hall–Kier alpha value is -3.54. The average Bonchev–Trinajstić information content (AvgIpc) is 3.25. The van der Waals surface area contributed by atoms with Gasteiger partial charge in [0.2, 0.25) is 0 Å². The minimum Gasteiger partial charge on any atom is -0.459 e. The normalized spacial score (nSPS) is 10.6. The molecule has 0 bridgehead atoms. The van der Waals surface area contributed by atoms with Crippen molar-refractivity contribution in [3.8, 4) is 0 Å². The largest absolute Gasteiger partial charge is 0.459 e. The molecule has 0 fully saturated rings. The van der Waals surface area contributed by atoms with Gasteiger partial charge in [-0.1, -0.05) is 6.07 Å². The van der Waals surface area contributed by atoms with Crippen molar-refractivity contribution in [1.29, 1.82) is 0 Å². The minimum atomic E-state index is -0.367. The molecule has 0 unspecified atom stereocenters. The predicted octanol–water partition coefficient (Wildman–Crippen LogP) is 5.02. The van der Waals surface area contributed by atoms with Crippen molar-refractivity contribution >= 4 is 28.9 Å². The van der Waals surface area contributed by atoms with E-state index >= 15 is 0 Å². The molecular weight excluding hydrogens is 366 g/mol. The van der Waals surface area contributed by atoms with Gasteiger partial charge in [-0.2, -0.15) is 0 Å². The van der Waals surface area contributed by atoms with Crippen molar-refractivity contribution in [2.75, 3.05) is 22.1 Å². The fourth-order valence-electron chi connectivity index (χ4n) is 3.12. The molecule has 2 aromatic carbocycles. The van der Waals surface area contributed by atoms with Crippen LogP contribution in [0.25, 0.3) is 0 Å². The van der Waals surface area contributed by atoms with Crippen LogP contribution in [0.4, 0.5) is 17.1 Å². The molecule has 0 spiro atoms. The molecule has 0 saturated carbocycles. The number of carbonyl (C=O) groups excluding carboxylic acids is 2. The van der Waals surface area contributed by atoms with E-state index in [0.717, 1.165) is 12.2 Å². The third kappa shape index (κ3) is 5.04. The fraction of sp³-hybridized carbons (Fsp3) is 0.217. The fourth-order valence-corrected chi connectivity index (χ4v) is 3.12. The SMILES string of the molecule is CCN(c1ccc(NC(=O)c2cccc(NC(=O)c3ccco3)c2)cc1)C(C)C. The van der Waals surface area contributed by atoms with Gasteiger partial charge in [-0.3, -0.25) is 9.59 Å². The van der Waals surface area contributed by atoms with Crippen LogP contribution in [0.5, 0.6) is 0 Å². The van der Waals surface area contributed by atoms with Crippen LogP contribution in [0.3, 0.4) is 0 Å². The van der Waals surface area contributed by atoms with Crippen LogP contribution in [0.2, 0.25) is 0 Å². The molecule has 0 aliphatic carbocycles. The maximum Gasteiger partial charge on any atom is 0.291 e. The maximum atomic E-state index is 12.6. The average molecular weight is 391 g/mol. The lowest BCUT2D eigenvalue weighted by atomic mass is 10.1. The Bertz CT molecular complexity index is 963. The van der Waals surface area contributed by atoms with E-state index in [1.165, 1.54) is 6.26 Å². The van der Waals surface area contributed by atoms with Gasteiger partial charge in [-0.05, 0) is 75.4 Å². The topological polar surface area (TPSA) is 74.6 Å². The number of furan rings is 1. The number of benzene rings is 2. The molecule has 6 nitrogen and oxygen atoms in total. The van der Waals surface area contributed by atoms with E-state index in [-0.39, 0.29) is 17.6 Å². The van der Waals surface area contributed by atoms with Crippen LogP contribution in [-0.4, -0.2) is 24.4 Å². The molecule has 0 aliphatic heterocycles. The summed E-state index contributed by atoms with van der Waals surface area (Å²) in [6.45, 7) is 7.33. The van der Waals surface area contributed by atoms with Crippen LogP contribution in [-0.2, 0) is 0 Å². The summed E-state index contributed by atoms with van der Waals surface area (Å²) in [5.41, 5.74) is 2.79. The monoisotopic (exact) mass is 391 g/mol. The van der Waals surface area contributed by atoms with Crippen molar-refractivity contribution in [3.05, 3.63) is 78.3 Å². The molecule has 1 heterocycles. The summed E-state index contributed by atoms with van der Waals surface area (Å²) in [6, 6.07) is 18.2. The number of nitrogens with zero attached hydrogens (tertiary/aromatic N) is 1. The van der Waals surface area contributed by atoms with Gasteiger partial charge in [-0.25, -0.2) is 0 Å². The second-order valence-corrected chi connectivity index (χ2v) is 6.89. The van der Waals surface area contributed by atoms with Crippen molar-refractivity contribution in [3.63, 3.8) is 0 Å². The molecule has 3 aromatic rings. The number of carbonyl (C=O) groups is 2. The summed E-state index contributed by atoms with van der Waals surface area (Å²) in [7, 11) is 0. The molecule has 0 atom stereocenters. The number of nitrogens with one attached hydrogen (secondary N) is 2. The van der Waals surface area contributed by atoms with E-state index in [1.807, 2.05) is 24.3 Å². The quantitative estimate of drug-likeness (QED) is 0.593. The molecule has 0 aliphatic rings. The van der Waals surface area contributed by atoms with E-state index in [0.29, 0.717) is 23.0 Å². The second-order valence-electron chi connectivity index (χ2n) is 6.89. The van der Waals surface area contributed by atoms with E-state index in [1.54, 1.807) is 36.4 Å². The molecule has 0 saturated heterocycles. The summed E-state index contributed by atoms with van der Waals surface area (Å²) in [5, 5.41) is 5.61. The summed E-state index contributed by atoms with van der Waals surface area (Å²) in [4.78, 5) is 27.0. The van der Waals surface area contributed by atoms with Gasteiger partial charge < -0.3 is 20.0 Å². The first-order valence-corrected chi connectivity index (χ1v) is 9.61. The van der Waals surface area contributed by atoms with E-state index in [9.17, 15) is 9.59 Å². The van der Waals surface area contributed by atoms with Crippen LogP contribution in [0.1, 0.15) is 41.7 Å². The number of anilines is 3. The van der Waals surface area contributed by atoms with Gasteiger partial charge in [0.25, 0.3) is 11.8 Å². The lowest BCUT2D eigenvalue weighted by molar-refractivity contribution is 0.0993. The molecule has 1 aromatic heterocycles. The number of hydrogen-bond acceptors (Lipinski definition) is 4. The lowest BCUT2D eigenvalue weighted by Gasteiger charge is -2.27. The van der Waals surface area contributed by atoms with Crippen molar-refractivity contribution in [2.24, 2.45) is 0 Å². The second kappa shape index (κ2) is 9.10. The van der Waals surface area contributed by atoms with Gasteiger partial charge in [0.05, 0.1) is 6.26 Å². The van der Waals surface area contributed by atoms with E-state index in [2.05, 4.69) is 36.3 Å². The summed E-state index contributed by atoms with van der Waals surface area (Å²) < 4.78 is 5.08. The van der Waals surface area contributed by atoms with Crippen LogP contribution in [0, 0.1) is 0 Å². The first-order chi connectivity index (χ1) is 14.0. The zero-order chi connectivity index (χ0) is 20.8. The summed E-state index contributed by atoms with van der Waals surface area (Å²) in [6.07, 6.45) is 1.44. The Balaban J connectivity index is 1.67. The molecule has 3 rings (SSSR count). The number of rotatable bonds is 7. The zero-order valence-electron chi connectivity index (χ0n) is 16.8. The summed E-state index contributed by atoms with van der Waals surface area (Å²) >= 11 is 0. The molecular formula is C23H25N3O3. The summed E-state index contributed by atoms with van der Waals surface area (Å²) in [5.74, 6) is -0.403. The highest BCUT2D eigenvalue weighted by molar-refractivity contribution is 6.06. The van der Waals surface area contributed by atoms with Gasteiger partial charge >= 0.3 is 0 Å². The molecule has 0 radical (unpaired) electrons. The number of amides is 2. The van der Waals surface area contributed by atoms with Gasteiger partial charge in [0.1, 0.15) is 0 Å². The molecule has 2 N–H and O–H groups in total. The first-order valence-electron chi connectivity index (χ1n) is 9.61. The van der Waals surface area contributed by atoms with E-state index in [4.69, 9.17) is 4.42 Å². The lowest BCUT2D eigenvalue weighted by Crippen LogP contribution is -2.30. The Morgan fingerprint density at radius 2 is 1.66 bits per heavy atom. The van der Waals surface area contributed by atoms with Crippen molar-refractivity contribution < 1.29 is 14.0 Å². The Labute approximate surface area is 170 Å². The number of hydrogen-bond donors (Lipinski definition) is 2. The van der Waals surface area contributed by atoms with Crippen molar-refractivity contribution in [2.45, 2.75) is 26.8 Å². The van der Waals surface area contributed by atoms with E-state index < -0.39 is 0 Å². The van der Waals surface area contributed by atoms with Gasteiger partial charge in [-0.15, -0.1) is 0 Å². The third-order valence-electron chi connectivity index (χ3n) is 4.55. The van der Waals surface area contributed by atoms with Crippen LogP contribution >= 0.6 is 0 Å². The highest BCUT2D eigenvalue weighted by atomic mass is 16.3. The standard InChI is InChI=1S/C23H25N3O3/c1-4-26(16(2)3)20-12-10-18(11-13-20)24-22(27)17-7-5-8-19(15-17)25-23(28)21-9-6-14-29-21/h5-16H,4H2,1-3H3,(H,24,27)(H,25,28). The maximum absolute atomic E-state index is 12.6. The first kappa shape index (κ1) is 20.2. The van der Waals surface area contributed by atoms with Gasteiger partial charge in [0, 0.05) is 35.2 Å². The third-order valence-corrected chi connectivity index (χ3v) is 4.55. The van der Waals surface area contributed by atoms with Crippen LogP contribution in [0.15, 0.2) is 71.3 Å². The zero-order valence-corrected chi connectivity index (χ0v) is 16.8. The predicted molar refractivity (Wildman–Crippen MR) is 116 cm³/mol. The minimum absolute atomic E-state index is 0.211. The highest BCUT2D eigenvalue weighted by Crippen LogP contribution is 2.21. The molecule has 150 valence electrons. The van der Waals surface area contributed by atoms with Gasteiger partial charge in [0.15, 0.2) is 5.76 Å².